The van der Waals surface area contributed by atoms with E-state index in [9.17, 15) is 18.0 Å². The summed E-state index contributed by atoms with van der Waals surface area (Å²) < 4.78 is 37.0. The minimum Gasteiger partial charge on any atom is -0.497 e. The first-order chi connectivity index (χ1) is 20.3. The van der Waals surface area contributed by atoms with Crippen LogP contribution < -0.4 is 14.8 Å². The molecule has 1 saturated carbocycles. The lowest BCUT2D eigenvalue weighted by atomic mass is 9.81. The molecule has 0 spiro atoms. The Morgan fingerprint density at radius 2 is 1.71 bits per heavy atom. The van der Waals surface area contributed by atoms with Crippen molar-refractivity contribution in [3.63, 3.8) is 0 Å². The van der Waals surface area contributed by atoms with Gasteiger partial charge in [-0.15, -0.1) is 0 Å². The Hall–Kier alpha value is -3.63. The SMILES string of the molecule is COc1ccc2c(c1)C=C1Cn3c-2c(C2CCCCC2)c2ccc(cc23)C(=O)NS(=O)(=O)N(C)CCCCCNC1=O. The third kappa shape index (κ3) is 5.33. The first-order valence-corrected chi connectivity index (χ1v) is 16.3. The Morgan fingerprint density at radius 1 is 0.929 bits per heavy atom. The van der Waals surface area contributed by atoms with Gasteiger partial charge in [0.2, 0.25) is 5.91 Å². The predicted molar refractivity (Wildman–Crippen MR) is 164 cm³/mol. The number of carbonyl (C=O) groups excluding carboxylic acids is 2. The van der Waals surface area contributed by atoms with E-state index in [-0.39, 0.29) is 18.0 Å². The molecular weight excluding hydrogens is 552 g/mol. The van der Waals surface area contributed by atoms with Crippen LogP contribution in [0.4, 0.5) is 0 Å². The summed E-state index contributed by atoms with van der Waals surface area (Å²) in [7, 11) is -0.891. The minimum absolute atomic E-state index is 0.129. The second kappa shape index (κ2) is 11.6. The summed E-state index contributed by atoms with van der Waals surface area (Å²) in [5.74, 6) is 0.258. The summed E-state index contributed by atoms with van der Waals surface area (Å²) in [6.07, 6.45) is 9.71. The number of hydrogen-bond acceptors (Lipinski definition) is 5. The van der Waals surface area contributed by atoms with E-state index in [1.807, 2.05) is 24.3 Å². The van der Waals surface area contributed by atoms with Crippen molar-refractivity contribution in [3.05, 3.63) is 58.7 Å². The fourth-order valence-electron chi connectivity index (χ4n) is 6.65. The molecule has 3 heterocycles. The molecular formula is C32H38N4O5S. The van der Waals surface area contributed by atoms with Gasteiger partial charge in [-0.05, 0) is 79.1 Å². The molecule has 0 unspecified atom stereocenters. The Bertz CT molecular complexity index is 1680. The fraction of sp³-hybridized carbons (Fsp3) is 0.438. The van der Waals surface area contributed by atoms with Gasteiger partial charge >= 0.3 is 10.2 Å². The summed E-state index contributed by atoms with van der Waals surface area (Å²) in [6.45, 7) is 1.09. The predicted octanol–water partition coefficient (Wildman–Crippen LogP) is 4.97. The van der Waals surface area contributed by atoms with Gasteiger partial charge in [0.25, 0.3) is 5.91 Å². The molecule has 2 aliphatic heterocycles. The second-order valence-corrected chi connectivity index (χ2v) is 13.4. The van der Waals surface area contributed by atoms with Gasteiger partial charge < -0.3 is 14.6 Å². The zero-order valence-electron chi connectivity index (χ0n) is 24.2. The molecule has 2 N–H and O–H groups in total. The summed E-state index contributed by atoms with van der Waals surface area (Å²) in [6, 6.07) is 11.4. The van der Waals surface area contributed by atoms with Crippen LogP contribution in [0, 0.1) is 0 Å². The Kier molecular flexibility index (Phi) is 7.85. The largest absolute Gasteiger partial charge is 0.497 e. The van der Waals surface area contributed by atoms with Crippen molar-refractivity contribution >= 4 is 39.0 Å². The molecule has 222 valence electrons. The molecule has 0 radical (unpaired) electrons. The highest BCUT2D eigenvalue weighted by Crippen LogP contribution is 2.47. The van der Waals surface area contributed by atoms with E-state index in [4.69, 9.17) is 4.74 Å². The van der Waals surface area contributed by atoms with Gasteiger partial charge in [-0.1, -0.05) is 31.7 Å². The number of rotatable bonds is 2. The van der Waals surface area contributed by atoms with Crippen LogP contribution in [0.5, 0.6) is 5.75 Å². The number of nitrogens with one attached hydrogen (secondary N) is 2. The molecule has 2 aromatic carbocycles. The number of carbonyl (C=O) groups is 2. The lowest BCUT2D eigenvalue weighted by Gasteiger charge is -2.24. The zero-order valence-corrected chi connectivity index (χ0v) is 25.1. The number of methoxy groups -OCH3 is 1. The highest BCUT2D eigenvalue weighted by molar-refractivity contribution is 7.87. The molecule has 10 heteroatoms. The lowest BCUT2D eigenvalue weighted by molar-refractivity contribution is -0.117. The summed E-state index contributed by atoms with van der Waals surface area (Å²) >= 11 is 0. The van der Waals surface area contributed by atoms with Crippen molar-refractivity contribution in [1.82, 2.24) is 18.9 Å². The number of benzene rings is 2. The van der Waals surface area contributed by atoms with Crippen LogP contribution in [0.2, 0.25) is 0 Å². The minimum atomic E-state index is -4.00. The van der Waals surface area contributed by atoms with Crippen LogP contribution >= 0.6 is 0 Å². The summed E-state index contributed by atoms with van der Waals surface area (Å²) in [5.41, 5.74) is 5.91. The van der Waals surface area contributed by atoms with Crippen molar-refractivity contribution in [3.8, 4) is 17.0 Å². The van der Waals surface area contributed by atoms with E-state index >= 15 is 0 Å². The Morgan fingerprint density at radius 3 is 2.50 bits per heavy atom. The van der Waals surface area contributed by atoms with E-state index in [0.29, 0.717) is 36.8 Å². The summed E-state index contributed by atoms with van der Waals surface area (Å²) in [5, 5.41) is 4.12. The van der Waals surface area contributed by atoms with Crippen molar-refractivity contribution in [2.45, 2.75) is 63.8 Å². The number of fused-ring (bicyclic) bond motifs is 4. The zero-order chi connectivity index (χ0) is 29.4. The van der Waals surface area contributed by atoms with Crippen LogP contribution in [0.1, 0.15) is 78.8 Å². The second-order valence-electron chi connectivity index (χ2n) is 11.6. The normalized spacial score (nSPS) is 20.4. The maximum Gasteiger partial charge on any atom is 0.303 e. The van der Waals surface area contributed by atoms with Gasteiger partial charge in [0, 0.05) is 47.7 Å². The molecule has 6 rings (SSSR count). The fourth-order valence-corrected chi connectivity index (χ4v) is 7.52. The monoisotopic (exact) mass is 590 g/mol. The molecule has 4 bridgehead atoms. The molecule has 9 nitrogen and oxygen atoms in total. The molecule has 3 aliphatic rings. The van der Waals surface area contributed by atoms with Gasteiger partial charge in [-0.25, -0.2) is 4.72 Å². The van der Waals surface area contributed by atoms with Crippen molar-refractivity contribution in [1.29, 1.82) is 0 Å². The van der Waals surface area contributed by atoms with Crippen LogP contribution in [-0.4, -0.2) is 56.4 Å². The molecule has 1 aromatic heterocycles. The van der Waals surface area contributed by atoms with Crippen molar-refractivity contribution in [2.24, 2.45) is 0 Å². The van der Waals surface area contributed by atoms with Gasteiger partial charge in [-0.2, -0.15) is 12.7 Å². The topological polar surface area (TPSA) is 110 Å². The third-order valence-corrected chi connectivity index (χ3v) is 10.4. The van der Waals surface area contributed by atoms with Crippen molar-refractivity contribution in [2.75, 3.05) is 27.2 Å². The van der Waals surface area contributed by atoms with Crippen LogP contribution in [-0.2, 0) is 21.5 Å². The van der Waals surface area contributed by atoms with Gasteiger partial charge in [0.05, 0.1) is 19.3 Å². The highest BCUT2D eigenvalue weighted by atomic mass is 32.2. The maximum absolute atomic E-state index is 13.6. The molecule has 0 atom stereocenters. The number of nitrogens with zero attached hydrogens (tertiary/aromatic N) is 2. The quantitative estimate of drug-likeness (QED) is 0.438. The molecule has 0 saturated heterocycles. The van der Waals surface area contributed by atoms with E-state index < -0.39 is 16.1 Å². The smallest absolute Gasteiger partial charge is 0.303 e. The van der Waals surface area contributed by atoms with E-state index in [0.717, 1.165) is 66.2 Å². The standard InChI is InChI=1S/C32H38N4O5S/c1-35-16-8-4-7-15-33-31(37)24-17-23-18-25(41-2)12-14-26(23)30-29(21-9-5-3-6-10-21)27-13-11-22(19-28(27)36(30)20-24)32(38)34-42(35,39)40/h11-14,17-19,21H,3-10,15-16,20H2,1-2H3,(H,33,37)(H,34,38). The Balaban J connectivity index is 1.59. The first kappa shape index (κ1) is 28.5. The van der Waals surface area contributed by atoms with Crippen LogP contribution in [0.3, 0.4) is 0 Å². The van der Waals surface area contributed by atoms with Crippen molar-refractivity contribution < 1.29 is 22.7 Å². The average Bonchev–Trinajstić information content (AvgIpc) is 3.20. The van der Waals surface area contributed by atoms with Gasteiger partial charge in [-0.3, -0.25) is 9.59 Å². The molecule has 3 aromatic rings. The number of ether oxygens (including phenoxy) is 1. The summed E-state index contributed by atoms with van der Waals surface area (Å²) in [4.78, 5) is 26.9. The molecule has 2 amide bonds. The van der Waals surface area contributed by atoms with E-state index in [1.165, 1.54) is 23.3 Å². The molecule has 1 fully saturated rings. The Labute approximate surface area is 247 Å². The highest BCUT2D eigenvalue weighted by Gasteiger charge is 2.31. The third-order valence-electron chi connectivity index (χ3n) is 8.91. The molecule has 1 aliphatic carbocycles. The number of amides is 2. The average molecular weight is 591 g/mol. The van der Waals surface area contributed by atoms with Crippen LogP contribution in [0.15, 0.2) is 42.0 Å². The van der Waals surface area contributed by atoms with Gasteiger partial charge in [0.15, 0.2) is 0 Å². The number of hydrogen-bond donors (Lipinski definition) is 2. The number of aromatic nitrogens is 1. The maximum atomic E-state index is 13.6. The van der Waals surface area contributed by atoms with E-state index in [1.54, 1.807) is 19.2 Å². The van der Waals surface area contributed by atoms with Crippen LogP contribution in [0.25, 0.3) is 28.2 Å². The van der Waals surface area contributed by atoms with E-state index in [2.05, 4.69) is 20.7 Å². The lowest BCUT2D eigenvalue weighted by Crippen LogP contribution is -2.41. The van der Waals surface area contributed by atoms with Gasteiger partial charge in [0.1, 0.15) is 5.75 Å². The molecule has 42 heavy (non-hydrogen) atoms. The first-order valence-electron chi connectivity index (χ1n) is 14.9.